The van der Waals surface area contributed by atoms with Crippen molar-refractivity contribution in [2.24, 2.45) is 0 Å². The maximum Gasteiger partial charge on any atom is 0.144 e. The normalized spacial score (nSPS) is 10.5. The Labute approximate surface area is 74.2 Å². The monoisotopic (exact) mass is 184 g/mol. The fraction of sp³-hybridized carbons (Fsp3) is 0.333. The standard InChI is InChI=1S/C9H12O2S/c1-2-8-4-3-5-9(6-8)7-12(10)11/h3-6,12H,2,7H2,1H3. The first-order chi connectivity index (χ1) is 5.72. The molecule has 12 heavy (non-hydrogen) atoms. The molecule has 1 rings (SSSR count). The molecule has 0 amide bonds. The molecule has 0 saturated carbocycles. The van der Waals surface area contributed by atoms with Crippen LogP contribution in [0.1, 0.15) is 18.1 Å². The van der Waals surface area contributed by atoms with Gasteiger partial charge in [-0.3, -0.25) is 0 Å². The molecule has 0 atom stereocenters. The second-order valence-corrected chi connectivity index (χ2v) is 3.65. The van der Waals surface area contributed by atoms with Crippen molar-refractivity contribution in [3.63, 3.8) is 0 Å². The smallest absolute Gasteiger partial charge is 0.144 e. The van der Waals surface area contributed by atoms with Gasteiger partial charge in [-0.1, -0.05) is 31.2 Å². The van der Waals surface area contributed by atoms with Gasteiger partial charge in [0.15, 0.2) is 0 Å². The van der Waals surface area contributed by atoms with E-state index in [0.717, 1.165) is 12.0 Å². The van der Waals surface area contributed by atoms with Gasteiger partial charge < -0.3 is 0 Å². The van der Waals surface area contributed by atoms with Crippen LogP contribution in [0.5, 0.6) is 0 Å². The topological polar surface area (TPSA) is 34.1 Å². The summed E-state index contributed by atoms with van der Waals surface area (Å²) in [7, 11) is -2.29. The summed E-state index contributed by atoms with van der Waals surface area (Å²) in [6, 6.07) is 7.67. The summed E-state index contributed by atoms with van der Waals surface area (Å²) in [5.41, 5.74) is 2.06. The molecule has 0 saturated heterocycles. The molecule has 0 fully saturated rings. The van der Waals surface area contributed by atoms with Gasteiger partial charge in [0, 0.05) is 0 Å². The Morgan fingerprint density at radius 1 is 1.25 bits per heavy atom. The summed E-state index contributed by atoms with van der Waals surface area (Å²) in [5, 5.41) is 0. The van der Waals surface area contributed by atoms with Gasteiger partial charge in [-0.15, -0.1) is 0 Å². The van der Waals surface area contributed by atoms with E-state index in [1.54, 1.807) is 0 Å². The van der Waals surface area contributed by atoms with Crippen LogP contribution in [-0.2, 0) is 22.9 Å². The Balaban J connectivity index is 2.86. The van der Waals surface area contributed by atoms with Gasteiger partial charge in [0.1, 0.15) is 10.7 Å². The third-order valence-corrected chi connectivity index (χ3v) is 2.33. The molecule has 0 aliphatic carbocycles. The predicted molar refractivity (Wildman–Crippen MR) is 49.8 cm³/mol. The Morgan fingerprint density at radius 3 is 2.50 bits per heavy atom. The SMILES string of the molecule is CCc1cccc(C[SH](=O)=O)c1. The molecule has 0 heterocycles. The van der Waals surface area contributed by atoms with Gasteiger partial charge in [-0.2, -0.15) is 0 Å². The maximum atomic E-state index is 10.4. The predicted octanol–water partition coefficient (Wildman–Crippen LogP) is 1.36. The number of thiol groups is 1. The minimum absolute atomic E-state index is 0.156. The molecule has 0 aliphatic heterocycles. The van der Waals surface area contributed by atoms with Gasteiger partial charge in [0.25, 0.3) is 0 Å². The first-order valence-corrected chi connectivity index (χ1v) is 5.28. The van der Waals surface area contributed by atoms with Crippen LogP contribution in [0.25, 0.3) is 0 Å². The van der Waals surface area contributed by atoms with Crippen molar-refractivity contribution >= 4 is 10.7 Å². The lowest BCUT2D eigenvalue weighted by atomic mass is 10.1. The lowest BCUT2D eigenvalue weighted by Crippen LogP contribution is -1.88. The first-order valence-electron chi connectivity index (χ1n) is 3.92. The lowest BCUT2D eigenvalue weighted by Gasteiger charge is -1.98. The van der Waals surface area contributed by atoms with E-state index in [2.05, 4.69) is 6.92 Å². The largest absolute Gasteiger partial charge is 0.232 e. The molecular formula is C9H12O2S. The van der Waals surface area contributed by atoms with E-state index in [-0.39, 0.29) is 5.75 Å². The van der Waals surface area contributed by atoms with Crippen LogP contribution in [0.15, 0.2) is 24.3 Å². The Morgan fingerprint density at radius 2 is 1.92 bits per heavy atom. The molecular weight excluding hydrogens is 172 g/mol. The Hall–Kier alpha value is -0.830. The molecule has 0 aliphatic rings. The minimum atomic E-state index is -2.29. The van der Waals surface area contributed by atoms with Crippen LogP contribution in [0.2, 0.25) is 0 Å². The molecule has 1 aromatic rings. The average molecular weight is 184 g/mol. The molecule has 0 spiro atoms. The molecule has 0 radical (unpaired) electrons. The quantitative estimate of drug-likeness (QED) is 0.720. The van der Waals surface area contributed by atoms with Crippen LogP contribution in [0.3, 0.4) is 0 Å². The average Bonchev–Trinajstić information content (AvgIpc) is 2.03. The van der Waals surface area contributed by atoms with Gasteiger partial charge >= 0.3 is 0 Å². The maximum absolute atomic E-state index is 10.4. The lowest BCUT2D eigenvalue weighted by molar-refractivity contribution is 0.614. The van der Waals surface area contributed by atoms with Crippen molar-refractivity contribution < 1.29 is 8.42 Å². The van der Waals surface area contributed by atoms with E-state index >= 15 is 0 Å². The van der Waals surface area contributed by atoms with Crippen molar-refractivity contribution in [2.45, 2.75) is 19.1 Å². The highest BCUT2D eigenvalue weighted by atomic mass is 32.2. The molecule has 0 N–H and O–H groups in total. The zero-order valence-corrected chi connectivity index (χ0v) is 7.88. The first kappa shape index (κ1) is 9.26. The minimum Gasteiger partial charge on any atom is -0.232 e. The van der Waals surface area contributed by atoms with Crippen LogP contribution in [0.4, 0.5) is 0 Å². The zero-order valence-electron chi connectivity index (χ0n) is 6.99. The second-order valence-electron chi connectivity index (χ2n) is 2.66. The summed E-state index contributed by atoms with van der Waals surface area (Å²) in [5.74, 6) is 0.156. The zero-order chi connectivity index (χ0) is 8.97. The van der Waals surface area contributed by atoms with Crippen LogP contribution >= 0.6 is 0 Å². The molecule has 3 heteroatoms. The van der Waals surface area contributed by atoms with E-state index in [1.165, 1.54) is 5.56 Å². The fourth-order valence-electron chi connectivity index (χ4n) is 1.10. The van der Waals surface area contributed by atoms with Crippen LogP contribution < -0.4 is 0 Å². The summed E-state index contributed by atoms with van der Waals surface area (Å²) >= 11 is 0. The number of rotatable bonds is 3. The van der Waals surface area contributed by atoms with Gasteiger partial charge in [0.2, 0.25) is 0 Å². The molecule has 66 valence electrons. The molecule has 0 bridgehead atoms. The Bertz CT molecular complexity index is 321. The highest BCUT2D eigenvalue weighted by Crippen LogP contribution is 2.06. The van der Waals surface area contributed by atoms with E-state index in [4.69, 9.17) is 0 Å². The molecule has 2 nitrogen and oxygen atoms in total. The van der Waals surface area contributed by atoms with Crippen molar-refractivity contribution in [1.29, 1.82) is 0 Å². The fourth-order valence-corrected chi connectivity index (χ4v) is 1.59. The van der Waals surface area contributed by atoms with Crippen molar-refractivity contribution in [3.8, 4) is 0 Å². The second kappa shape index (κ2) is 4.26. The highest BCUT2D eigenvalue weighted by Gasteiger charge is 1.94. The third kappa shape index (κ3) is 2.66. The van der Waals surface area contributed by atoms with E-state index < -0.39 is 10.7 Å². The summed E-state index contributed by atoms with van der Waals surface area (Å²) < 4.78 is 20.8. The van der Waals surface area contributed by atoms with E-state index in [0.29, 0.717) is 0 Å². The van der Waals surface area contributed by atoms with Gasteiger partial charge in [-0.25, -0.2) is 8.42 Å². The number of benzene rings is 1. The van der Waals surface area contributed by atoms with E-state index in [9.17, 15) is 8.42 Å². The number of hydrogen-bond donors (Lipinski definition) is 1. The third-order valence-electron chi connectivity index (χ3n) is 1.71. The van der Waals surface area contributed by atoms with Gasteiger partial charge in [0.05, 0.1) is 5.75 Å². The molecule has 0 aromatic heterocycles. The highest BCUT2D eigenvalue weighted by molar-refractivity contribution is 7.71. The van der Waals surface area contributed by atoms with Gasteiger partial charge in [-0.05, 0) is 17.5 Å². The van der Waals surface area contributed by atoms with Crippen LogP contribution in [-0.4, -0.2) is 8.42 Å². The number of hydrogen-bond acceptors (Lipinski definition) is 2. The van der Waals surface area contributed by atoms with Crippen molar-refractivity contribution in [2.75, 3.05) is 0 Å². The molecule has 1 aromatic carbocycles. The summed E-state index contributed by atoms with van der Waals surface area (Å²) in [6.07, 6.45) is 0.948. The van der Waals surface area contributed by atoms with Crippen LogP contribution in [0, 0.1) is 0 Å². The Kier molecular flexibility index (Phi) is 3.29. The summed E-state index contributed by atoms with van der Waals surface area (Å²) in [6.45, 7) is 2.05. The van der Waals surface area contributed by atoms with Crippen molar-refractivity contribution in [1.82, 2.24) is 0 Å². The summed E-state index contributed by atoms with van der Waals surface area (Å²) in [4.78, 5) is 0. The molecule has 0 unspecified atom stereocenters. The van der Waals surface area contributed by atoms with Crippen molar-refractivity contribution in [3.05, 3.63) is 35.4 Å². The van der Waals surface area contributed by atoms with E-state index in [1.807, 2.05) is 24.3 Å². The number of aryl methyl sites for hydroxylation is 1.